The lowest BCUT2D eigenvalue weighted by atomic mass is 10.0. The number of aromatic amines is 1. The zero-order valence-corrected chi connectivity index (χ0v) is 10.1. The summed E-state index contributed by atoms with van der Waals surface area (Å²) in [7, 11) is 0. The second kappa shape index (κ2) is 4.74. The minimum Gasteiger partial charge on any atom is -0.309 e. The molecule has 0 amide bonds. The minimum atomic E-state index is -0.0830. The molecule has 1 aliphatic rings. The van der Waals surface area contributed by atoms with Crippen LogP contribution in [-0.4, -0.2) is 10.2 Å². The first-order valence-corrected chi connectivity index (χ1v) is 6.17. The Labute approximate surface area is 105 Å². The second-order valence-electron chi connectivity index (χ2n) is 4.62. The molecule has 0 fully saturated rings. The highest BCUT2D eigenvalue weighted by Crippen LogP contribution is 2.17. The molecule has 1 aromatic heterocycles. The van der Waals surface area contributed by atoms with Crippen molar-refractivity contribution >= 4 is 0 Å². The van der Waals surface area contributed by atoms with Gasteiger partial charge in [0.2, 0.25) is 0 Å². The van der Waals surface area contributed by atoms with E-state index in [9.17, 15) is 4.79 Å². The Bertz CT molecular complexity index is 618. The second-order valence-corrected chi connectivity index (χ2v) is 4.62. The molecule has 1 aliphatic heterocycles. The summed E-state index contributed by atoms with van der Waals surface area (Å²) in [5.41, 5.74) is 4.77. The van der Waals surface area contributed by atoms with Crippen LogP contribution in [0.2, 0.25) is 0 Å². The van der Waals surface area contributed by atoms with E-state index in [1.807, 2.05) is 0 Å². The maximum absolute atomic E-state index is 11.5. The van der Waals surface area contributed by atoms with E-state index in [1.54, 1.807) is 12.3 Å². The fourth-order valence-electron chi connectivity index (χ4n) is 2.35. The third-order valence-corrected chi connectivity index (χ3v) is 3.39. The third kappa shape index (κ3) is 2.19. The molecule has 2 N–H and O–H groups in total. The summed E-state index contributed by atoms with van der Waals surface area (Å²) >= 11 is 0. The van der Waals surface area contributed by atoms with Crippen molar-refractivity contribution < 1.29 is 0 Å². The fourth-order valence-corrected chi connectivity index (χ4v) is 2.35. The van der Waals surface area contributed by atoms with E-state index >= 15 is 0 Å². The smallest absolute Gasteiger partial charge is 0.267 e. The molecular weight excluding hydrogens is 226 g/mol. The van der Waals surface area contributed by atoms with Gasteiger partial charge in [0.25, 0.3) is 5.56 Å². The van der Waals surface area contributed by atoms with Crippen LogP contribution in [0.4, 0.5) is 0 Å². The lowest BCUT2D eigenvalue weighted by molar-refractivity contribution is 0.764. The molecule has 0 unspecified atom stereocenters. The van der Waals surface area contributed by atoms with Crippen LogP contribution < -0.4 is 10.9 Å². The molecule has 4 nitrogen and oxygen atoms in total. The van der Waals surface area contributed by atoms with E-state index < -0.39 is 0 Å². The Hall–Kier alpha value is -1.94. The number of rotatable bonds is 3. The number of H-pyrrole nitrogens is 1. The molecule has 3 rings (SSSR count). The molecule has 18 heavy (non-hydrogen) atoms. The Kier molecular flexibility index (Phi) is 2.94. The van der Waals surface area contributed by atoms with Gasteiger partial charge in [-0.3, -0.25) is 4.79 Å². The summed E-state index contributed by atoms with van der Waals surface area (Å²) in [6, 6.07) is 8.36. The number of hydrogen-bond donors (Lipinski definition) is 2. The average molecular weight is 241 g/mol. The van der Waals surface area contributed by atoms with Crippen LogP contribution in [-0.2, 0) is 25.9 Å². The topological polar surface area (TPSA) is 57.8 Å². The van der Waals surface area contributed by atoms with Crippen molar-refractivity contribution in [3.63, 3.8) is 0 Å². The summed E-state index contributed by atoms with van der Waals surface area (Å²) in [5, 5.41) is 9.50. The van der Waals surface area contributed by atoms with Gasteiger partial charge in [0.1, 0.15) is 0 Å². The first-order valence-electron chi connectivity index (χ1n) is 6.17. The van der Waals surface area contributed by atoms with Crippen molar-refractivity contribution in [3.8, 4) is 0 Å². The Balaban J connectivity index is 1.74. The molecule has 0 spiro atoms. The number of nitrogens with zero attached hydrogens (tertiary/aromatic N) is 1. The van der Waals surface area contributed by atoms with E-state index in [1.165, 1.54) is 16.7 Å². The van der Waals surface area contributed by atoms with E-state index in [0.717, 1.165) is 31.5 Å². The SMILES string of the molecule is O=c1[nH]nccc1CCc1ccc2c(c1)CNC2. The van der Waals surface area contributed by atoms with Gasteiger partial charge in [-0.1, -0.05) is 18.2 Å². The molecule has 0 saturated heterocycles. The number of aryl methyl sites for hydroxylation is 2. The summed E-state index contributed by atoms with van der Waals surface area (Å²) in [6.45, 7) is 1.93. The molecule has 0 radical (unpaired) electrons. The summed E-state index contributed by atoms with van der Waals surface area (Å²) in [6.07, 6.45) is 3.27. The molecule has 2 aromatic rings. The monoisotopic (exact) mass is 241 g/mol. The number of nitrogens with one attached hydrogen (secondary N) is 2. The van der Waals surface area contributed by atoms with Crippen molar-refractivity contribution in [3.05, 3.63) is 63.1 Å². The quantitative estimate of drug-likeness (QED) is 0.847. The van der Waals surface area contributed by atoms with Crippen LogP contribution >= 0.6 is 0 Å². The standard InChI is InChI=1S/C14H15N3O/c18-14-11(5-6-16-17-14)3-1-10-2-4-12-8-15-9-13(12)7-10/h2,4-7,15H,1,3,8-9H2,(H,17,18). The van der Waals surface area contributed by atoms with Crippen LogP contribution in [0, 0.1) is 0 Å². The molecule has 0 saturated carbocycles. The Morgan fingerprint density at radius 2 is 2.00 bits per heavy atom. The first-order chi connectivity index (χ1) is 8.83. The van der Waals surface area contributed by atoms with Gasteiger partial charge in [-0.15, -0.1) is 0 Å². The van der Waals surface area contributed by atoms with Crippen LogP contribution in [0.5, 0.6) is 0 Å². The maximum atomic E-state index is 11.5. The van der Waals surface area contributed by atoms with Gasteiger partial charge in [0.15, 0.2) is 0 Å². The Morgan fingerprint density at radius 3 is 2.89 bits per heavy atom. The van der Waals surface area contributed by atoms with E-state index in [0.29, 0.717) is 0 Å². The number of aromatic nitrogens is 2. The molecule has 1 aromatic carbocycles. The summed E-state index contributed by atoms with van der Waals surface area (Å²) in [4.78, 5) is 11.5. The first kappa shape index (κ1) is 11.2. The van der Waals surface area contributed by atoms with Crippen LogP contribution in [0.15, 0.2) is 35.3 Å². The van der Waals surface area contributed by atoms with Crippen molar-refractivity contribution in [1.29, 1.82) is 0 Å². The highest BCUT2D eigenvalue weighted by atomic mass is 16.1. The molecular formula is C14H15N3O. The van der Waals surface area contributed by atoms with Crippen molar-refractivity contribution in [1.82, 2.24) is 15.5 Å². The van der Waals surface area contributed by atoms with E-state index in [-0.39, 0.29) is 5.56 Å². The third-order valence-electron chi connectivity index (χ3n) is 3.39. The molecule has 0 bridgehead atoms. The zero-order valence-electron chi connectivity index (χ0n) is 10.1. The van der Waals surface area contributed by atoms with Crippen molar-refractivity contribution in [2.75, 3.05) is 0 Å². The molecule has 92 valence electrons. The number of fused-ring (bicyclic) bond motifs is 1. The van der Waals surface area contributed by atoms with Crippen molar-refractivity contribution in [2.24, 2.45) is 0 Å². The predicted molar refractivity (Wildman–Crippen MR) is 69.3 cm³/mol. The van der Waals surface area contributed by atoms with E-state index in [4.69, 9.17) is 0 Å². The predicted octanol–water partition coefficient (Wildman–Crippen LogP) is 1.16. The van der Waals surface area contributed by atoms with Gasteiger partial charge in [-0.05, 0) is 35.6 Å². The normalized spacial score (nSPS) is 13.6. The van der Waals surface area contributed by atoms with Crippen LogP contribution in [0.3, 0.4) is 0 Å². The average Bonchev–Trinajstić information content (AvgIpc) is 2.85. The van der Waals surface area contributed by atoms with Gasteiger partial charge < -0.3 is 5.32 Å². The maximum Gasteiger partial charge on any atom is 0.267 e. The van der Waals surface area contributed by atoms with Crippen LogP contribution in [0.25, 0.3) is 0 Å². The largest absolute Gasteiger partial charge is 0.309 e. The lowest BCUT2D eigenvalue weighted by Crippen LogP contribution is -2.13. The Morgan fingerprint density at radius 1 is 1.11 bits per heavy atom. The highest BCUT2D eigenvalue weighted by molar-refractivity contribution is 5.34. The van der Waals surface area contributed by atoms with Gasteiger partial charge in [-0.2, -0.15) is 5.10 Å². The molecule has 0 atom stereocenters. The number of benzene rings is 1. The van der Waals surface area contributed by atoms with Gasteiger partial charge in [-0.25, -0.2) is 5.10 Å². The summed E-state index contributed by atoms with van der Waals surface area (Å²) < 4.78 is 0. The van der Waals surface area contributed by atoms with Crippen LogP contribution in [0.1, 0.15) is 22.3 Å². The zero-order chi connectivity index (χ0) is 12.4. The molecule has 4 heteroatoms. The lowest BCUT2D eigenvalue weighted by Gasteiger charge is -2.04. The summed E-state index contributed by atoms with van der Waals surface area (Å²) in [5.74, 6) is 0. The highest BCUT2D eigenvalue weighted by Gasteiger charge is 2.10. The van der Waals surface area contributed by atoms with E-state index in [2.05, 4.69) is 33.7 Å². The van der Waals surface area contributed by atoms with Gasteiger partial charge in [0.05, 0.1) is 0 Å². The fraction of sp³-hybridized carbons (Fsp3) is 0.286. The number of hydrogen-bond acceptors (Lipinski definition) is 3. The van der Waals surface area contributed by atoms with Crippen molar-refractivity contribution in [2.45, 2.75) is 25.9 Å². The molecule has 0 aliphatic carbocycles. The van der Waals surface area contributed by atoms with Gasteiger partial charge in [0, 0.05) is 24.8 Å². The molecule has 2 heterocycles. The van der Waals surface area contributed by atoms with Gasteiger partial charge >= 0.3 is 0 Å². The minimum absolute atomic E-state index is 0.0830.